The van der Waals surface area contributed by atoms with Gasteiger partial charge in [-0.05, 0) is 97.6 Å². The van der Waals surface area contributed by atoms with Gasteiger partial charge in [0.05, 0.1) is 30.6 Å². The Hall–Kier alpha value is -5.03. The number of likely N-dealkylation sites (N-methyl/N-ethyl adjacent to an activating group) is 1. The number of nitrogens with zero attached hydrogens (tertiary/aromatic N) is 7. The van der Waals surface area contributed by atoms with Crippen molar-refractivity contribution in [3.8, 4) is 11.3 Å². The van der Waals surface area contributed by atoms with Crippen LogP contribution in [-0.4, -0.2) is 158 Å². The first-order valence-corrected chi connectivity index (χ1v) is 23.2. The van der Waals surface area contributed by atoms with Crippen molar-refractivity contribution in [1.29, 1.82) is 0 Å². The molecule has 6 rings (SSSR count). The Balaban J connectivity index is 1.35. The molecule has 21 heteroatoms. The van der Waals surface area contributed by atoms with Crippen LogP contribution in [0.3, 0.4) is 0 Å². The van der Waals surface area contributed by atoms with E-state index in [-0.39, 0.29) is 31.3 Å². The van der Waals surface area contributed by atoms with E-state index in [2.05, 4.69) is 20.6 Å². The summed E-state index contributed by atoms with van der Waals surface area (Å²) in [6, 6.07) is 6.72. The first-order chi connectivity index (χ1) is 31.8. The number of fused-ring (bicyclic) bond motifs is 1. The number of amides is 1. The van der Waals surface area contributed by atoms with Gasteiger partial charge < -0.3 is 55.6 Å². The first-order valence-electron chi connectivity index (χ1n) is 23.2. The van der Waals surface area contributed by atoms with Crippen molar-refractivity contribution in [3.05, 3.63) is 53.2 Å². The molecule has 13 atom stereocenters. The molecule has 3 aromatic rings. The molecular weight excluding hydrogens is 869 g/mol. The zero-order chi connectivity index (χ0) is 49.0. The average molecular weight is 939 g/mol. The molecule has 67 heavy (non-hydrogen) atoms. The number of nitrogen functional groups attached to an aromatic ring is 2. The number of aromatic nitrogens is 5. The predicted molar refractivity (Wildman–Crippen MR) is 246 cm³/mol. The van der Waals surface area contributed by atoms with E-state index in [0.717, 1.165) is 10.1 Å². The van der Waals surface area contributed by atoms with Crippen molar-refractivity contribution < 1.29 is 48.3 Å². The Morgan fingerprint density at radius 2 is 1.79 bits per heavy atom. The third kappa shape index (κ3) is 10.8. The summed E-state index contributed by atoms with van der Waals surface area (Å²) in [6.07, 6.45) is -1.25. The SMILES string of the molecule is CC[C@H]1OC(=O)[C@H](C)C(=O)[C@H](C)[C@@H](O[C@@H]2O[C@H](CO)CC(N(C)C)C2O)[C@](C)(OC)C[C@@H](C)CN[C@H](C)[C@H]2N(CCCCn3cc(-c4cccc(N)c4)nn3)C(=O)O[C@]12n1ccc(N)nc1=O. The lowest BCUT2D eigenvalue weighted by Crippen LogP contribution is -2.65. The molecule has 3 aliphatic rings. The molecule has 0 spiro atoms. The minimum Gasteiger partial charge on any atom is -0.455 e. The Kier molecular flexibility index (Phi) is 16.5. The first kappa shape index (κ1) is 51.4. The average Bonchev–Trinajstić information content (AvgIpc) is 3.89. The number of cyclic esters (lactones) is 1. The van der Waals surface area contributed by atoms with Crippen molar-refractivity contribution in [2.24, 2.45) is 17.8 Å². The number of carbonyl (C=O) groups excluding carboxylic acids is 3. The van der Waals surface area contributed by atoms with E-state index in [1.807, 2.05) is 64.2 Å². The summed E-state index contributed by atoms with van der Waals surface area (Å²) in [5.74, 6) is -4.17. The van der Waals surface area contributed by atoms with Gasteiger partial charge in [0.15, 0.2) is 18.2 Å². The van der Waals surface area contributed by atoms with Crippen LogP contribution in [-0.2, 0) is 45.5 Å². The number of ether oxygens (including phenoxy) is 5. The fourth-order valence-electron chi connectivity index (χ4n) is 10.1. The molecule has 5 heterocycles. The number of carbonyl (C=O) groups is 3. The molecule has 7 N–H and O–H groups in total. The molecular formula is C46H70N10O11. The van der Waals surface area contributed by atoms with Crippen molar-refractivity contribution >= 4 is 29.4 Å². The molecule has 3 aliphatic heterocycles. The minimum atomic E-state index is -1.99. The lowest BCUT2D eigenvalue weighted by atomic mass is 9.78. The smallest absolute Gasteiger partial charge is 0.412 e. The standard InChI is InChI=1S/C46H70N10O11/c1-10-35-46(56-19-16-36(48)50-43(56)61)39(55(44(62)67-46)18-12-11-17-54-24-33(51-52-54)30-14-13-15-31(47)20-30)29(5)49-23-26(2)22-45(6,63-9)40(27(3)37(58)28(4)41(60)65-35)66-42-38(59)34(53(7)8)21-32(25-57)64-42/h13-16,19-20,24,26-29,32,34-35,38-40,42,49,57,59H,10-12,17-18,21-23,25,47H2,1-9H3,(H2,48,50,61)/t26-,27+,28-,29-,32+,34?,35-,38?,39-,40-,42+,45-,46-/m1/s1. The number of nitrogens with one attached hydrogen (secondary N) is 1. The van der Waals surface area contributed by atoms with Crippen LogP contribution in [0.25, 0.3) is 11.3 Å². The van der Waals surface area contributed by atoms with Gasteiger partial charge in [-0.3, -0.25) is 23.7 Å². The highest BCUT2D eigenvalue weighted by molar-refractivity contribution is 6.00. The van der Waals surface area contributed by atoms with Crippen molar-refractivity contribution in [2.75, 3.05) is 52.4 Å². The van der Waals surface area contributed by atoms with Crippen LogP contribution < -0.4 is 22.5 Å². The molecule has 1 amide bonds. The third-order valence-electron chi connectivity index (χ3n) is 13.7. The fourth-order valence-corrected chi connectivity index (χ4v) is 10.1. The number of benzene rings is 1. The van der Waals surface area contributed by atoms with Crippen LogP contribution in [0.2, 0.25) is 0 Å². The summed E-state index contributed by atoms with van der Waals surface area (Å²) in [4.78, 5) is 64.9. The van der Waals surface area contributed by atoms with Crippen LogP contribution >= 0.6 is 0 Å². The Bertz CT molecular complexity index is 2240. The summed E-state index contributed by atoms with van der Waals surface area (Å²) in [5.41, 5.74) is 10.0. The van der Waals surface area contributed by atoms with Gasteiger partial charge in [-0.15, -0.1) is 5.10 Å². The zero-order valence-corrected chi connectivity index (χ0v) is 40.1. The number of aliphatic hydroxyl groups excluding tert-OH is 2. The van der Waals surface area contributed by atoms with Crippen molar-refractivity contribution in [3.63, 3.8) is 0 Å². The van der Waals surface area contributed by atoms with E-state index in [9.17, 15) is 29.4 Å². The molecule has 3 fully saturated rings. The summed E-state index contributed by atoms with van der Waals surface area (Å²) in [7, 11) is 5.13. The van der Waals surface area contributed by atoms with Gasteiger partial charge in [-0.25, -0.2) is 9.59 Å². The molecule has 0 bridgehead atoms. The van der Waals surface area contributed by atoms with E-state index < -0.39 is 95.5 Å². The maximum atomic E-state index is 14.7. The normalized spacial score (nSPS) is 33.5. The van der Waals surface area contributed by atoms with Crippen LogP contribution in [0.4, 0.5) is 16.3 Å². The van der Waals surface area contributed by atoms with Crippen molar-refractivity contribution in [2.45, 2.75) is 140 Å². The third-order valence-corrected chi connectivity index (χ3v) is 13.7. The molecule has 1 aromatic carbocycles. The highest BCUT2D eigenvalue weighted by Gasteiger charge is 2.63. The monoisotopic (exact) mass is 939 g/mol. The molecule has 2 aromatic heterocycles. The van der Waals surface area contributed by atoms with Gasteiger partial charge in [0, 0.05) is 55.6 Å². The zero-order valence-electron chi connectivity index (χ0n) is 40.1. The highest BCUT2D eigenvalue weighted by atomic mass is 16.7. The van der Waals surface area contributed by atoms with Crippen LogP contribution in [0.1, 0.15) is 73.6 Å². The fraction of sp³-hybridized carbons (Fsp3) is 0.674. The Morgan fingerprint density at radius 3 is 2.45 bits per heavy atom. The van der Waals surface area contributed by atoms with Gasteiger partial charge in [-0.1, -0.05) is 38.1 Å². The van der Waals surface area contributed by atoms with E-state index in [1.165, 1.54) is 26.3 Å². The largest absolute Gasteiger partial charge is 0.455 e. The lowest BCUT2D eigenvalue weighted by Gasteiger charge is -2.47. The molecule has 0 saturated carbocycles. The van der Waals surface area contributed by atoms with Gasteiger partial charge in [-0.2, -0.15) is 4.98 Å². The number of anilines is 2. The number of Topliss-reactive ketones (excluding diaryl/α,β-unsaturated/α-hetero) is 1. The quantitative estimate of drug-likeness (QED) is 0.0709. The topological polar surface area (TPSA) is 274 Å². The summed E-state index contributed by atoms with van der Waals surface area (Å²) >= 11 is 0. The van der Waals surface area contributed by atoms with Crippen molar-refractivity contribution in [1.82, 2.24) is 39.7 Å². The number of unbranched alkanes of at least 4 members (excludes halogenated alkanes) is 1. The number of esters is 1. The van der Waals surface area contributed by atoms with Gasteiger partial charge in [0.1, 0.15) is 29.6 Å². The molecule has 3 saturated heterocycles. The van der Waals surface area contributed by atoms with Gasteiger partial charge in [0.2, 0.25) is 0 Å². The van der Waals surface area contributed by atoms with Crippen LogP contribution in [0, 0.1) is 17.8 Å². The number of aliphatic hydroxyl groups is 2. The van der Waals surface area contributed by atoms with Crippen LogP contribution in [0.5, 0.6) is 0 Å². The number of ketones is 1. The number of nitrogens with two attached hydrogens (primary N) is 2. The van der Waals surface area contributed by atoms with E-state index >= 15 is 0 Å². The second-order valence-electron chi connectivity index (χ2n) is 18.9. The van der Waals surface area contributed by atoms with E-state index in [1.54, 1.807) is 29.5 Å². The number of hydrogen-bond acceptors (Lipinski definition) is 18. The molecule has 0 aliphatic carbocycles. The second kappa shape index (κ2) is 21.5. The molecule has 21 nitrogen and oxygen atoms in total. The number of methoxy groups -OCH3 is 1. The molecule has 370 valence electrons. The summed E-state index contributed by atoms with van der Waals surface area (Å²) < 4.78 is 34.6. The van der Waals surface area contributed by atoms with Gasteiger partial charge in [0.25, 0.3) is 5.72 Å². The number of aryl methyl sites for hydroxylation is 1. The number of hydrogen-bond donors (Lipinski definition) is 5. The highest BCUT2D eigenvalue weighted by Crippen LogP contribution is 2.43. The number of rotatable bonds is 13. The molecule has 0 radical (unpaired) electrons. The van der Waals surface area contributed by atoms with Gasteiger partial charge >= 0.3 is 17.8 Å². The van der Waals surface area contributed by atoms with Crippen LogP contribution in [0.15, 0.2) is 47.5 Å². The lowest BCUT2D eigenvalue weighted by molar-refractivity contribution is -0.300. The minimum absolute atomic E-state index is 0.0465. The van der Waals surface area contributed by atoms with E-state index in [4.69, 9.17) is 35.2 Å². The second-order valence-corrected chi connectivity index (χ2v) is 18.9. The Morgan fingerprint density at radius 1 is 1.06 bits per heavy atom. The maximum Gasteiger partial charge on any atom is 0.412 e. The maximum absolute atomic E-state index is 14.7. The summed E-state index contributed by atoms with van der Waals surface area (Å²) in [6.45, 7) is 11.1. The van der Waals surface area contributed by atoms with E-state index in [0.29, 0.717) is 50.2 Å². The summed E-state index contributed by atoms with van der Waals surface area (Å²) in [5, 5.41) is 33.9. The Labute approximate surface area is 391 Å². The predicted octanol–water partition coefficient (Wildman–Crippen LogP) is 1.99. The molecule has 2 unspecified atom stereocenters.